The fourth-order valence-electron chi connectivity index (χ4n) is 2.72. The van der Waals surface area contributed by atoms with Crippen LogP contribution >= 0.6 is 0 Å². The number of anilines is 1. The minimum absolute atomic E-state index is 0.0954. The van der Waals surface area contributed by atoms with Crippen LogP contribution in [0.25, 0.3) is 0 Å². The van der Waals surface area contributed by atoms with Crippen molar-refractivity contribution in [3.63, 3.8) is 0 Å². The van der Waals surface area contributed by atoms with Crippen LogP contribution in [-0.4, -0.2) is 37.6 Å². The summed E-state index contributed by atoms with van der Waals surface area (Å²) in [6.07, 6.45) is 0.0182. The summed E-state index contributed by atoms with van der Waals surface area (Å²) in [4.78, 5) is 26.5. The summed E-state index contributed by atoms with van der Waals surface area (Å²) in [7, 11) is 0. The second kappa shape index (κ2) is 8.53. The average Bonchev–Trinajstić information content (AvgIpc) is 2.70. The van der Waals surface area contributed by atoms with Gasteiger partial charge in [-0.05, 0) is 42.8 Å². The third-order valence-corrected chi connectivity index (χ3v) is 4.09. The zero-order valence-electron chi connectivity index (χ0n) is 15.0. The first-order valence-electron chi connectivity index (χ1n) is 8.80. The summed E-state index contributed by atoms with van der Waals surface area (Å²) < 4.78 is 24.2. The molecule has 1 aliphatic rings. The number of nitrogens with zero attached hydrogens (tertiary/aromatic N) is 1. The molecule has 0 fully saturated rings. The number of ether oxygens (including phenoxy) is 2. The van der Waals surface area contributed by atoms with Crippen molar-refractivity contribution in [1.82, 2.24) is 5.32 Å². The highest BCUT2D eigenvalue weighted by Gasteiger charge is 2.33. The number of amides is 2. The minimum atomic E-state index is -0.791. The third kappa shape index (κ3) is 4.55. The molecule has 3 rings (SSSR count). The Hall–Kier alpha value is -3.09. The van der Waals surface area contributed by atoms with Crippen molar-refractivity contribution in [2.24, 2.45) is 0 Å². The lowest BCUT2D eigenvalue weighted by Gasteiger charge is -2.34. The number of fused-ring (bicyclic) bond motifs is 1. The number of rotatable bonds is 6. The molecule has 0 saturated carbocycles. The molecule has 0 bridgehead atoms. The number of halogens is 1. The van der Waals surface area contributed by atoms with Gasteiger partial charge in [0, 0.05) is 6.54 Å². The molecule has 7 heteroatoms. The van der Waals surface area contributed by atoms with Gasteiger partial charge in [0.25, 0.3) is 11.8 Å². The third-order valence-electron chi connectivity index (χ3n) is 4.09. The predicted octanol–water partition coefficient (Wildman–Crippen LogP) is 2.52. The summed E-state index contributed by atoms with van der Waals surface area (Å²) >= 11 is 0. The van der Waals surface area contributed by atoms with Gasteiger partial charge in [0.15, 0.2) is 12.7 Å². The molecule has 142 valence electrons. The Balaban J connectivity index is 1.72. The molecule has 1 atom stereocenters. The van der Waals surface area contributed by atoms with Crippen molar-refractivity contribution in [2.45, 2.75) is 19.4 Å². The molecule has 2 amide bonds. The first-order chi connectivity index (χ1) is 13.1. The molecule has 2 aromatic carbocycles. The molecule has 6 nitrogen and oxygen atoms in total. The maximum atomic E-state index is 13.0. The molecule has 1 N–H and O–H groups in total. The Kier molecular flexibility index (Phi) is 5.90. The van der Waals surface area contributed by atoms with Crippen LogP contribution < -0.4 is 19.7 Å². The van der Waals surface area contributed by atoms with E-state index in [9.17, 15) is 14.0 Å². The van der Waals surface area contributed by atoms with Gasteiger partial charge in [-0.15, -0.1) is 0 Å². The summed E-state index contributed by atoms with van der Waals surface area (Å²) in [5.41, 5.74) is 0.588. The lowest BCUT2D eigenvalue weighted by molar-refractivity contribution is -0.128. The van der Waals surface area contributed by atoms with Gasteiger partial charge in [-0.25, -0.2) is 4.39 Å². The SMILES string of the molecule is CCCNC(=O)[C@H]1CN(C(=O)COc2ccc(F)cc2)c2ccccc2O1. The molecule has 2 aromatic rings. The zero-order chi connectivity index (χ0) is 19.2. The monoisotopic (exact) mass is 372 g/mol. The van der Waals surface area contributed by atoms with E-state index in [2.05, 4.69) is 5.32 Å². The van der Waals surface area contributed by atoms with Crippen LogP contribution in [0.15, 0.2) is 48.5 Å². The van der Waals surface area contributed by atoms with Crippen LogP contribution in [0, 0.1) is 5.82 Å². The normalized spacial score (nSPS) is 15.5. The summed E-state index contributed by atoms with van der Waals surface area (Å²) in [5.74, 6) is -0.0947. The fourth-order valence-corrected chi connectivity index (χ4v) is 2.72. The molecule has 0 saturated heterocycles. The zero-order valence-corrected chi connectivity index (χ0v) is 15.0. The van der Waals surface area contributed by atoms with Crippen molar-refractivity contribution in [3.05, 3.63) is 54.3 Å². The predicted molar refractivity (Wildman–Crippen MR) is 98.4 cm³/mol. The first-order valence-corrected chi connectivity index (χ1v) is 8.80. The van der Waals surface area contributed by atoms with Crippen molar-refractivity contribution in [2.75, 3.05) is 24.6 Å². The Labute approximate surface area is 156 Å². The maximum Gasteiger partial charge on any atom is 0.265 e. The fraction of sp³-hybridized carbons (Fsp3) is 0.300. The highest BCUT2D eigenvalue weighted by Crippen LogP contribution is 2.33. The van der Waals surface area contributed by atoms with Gasteiger partial charge < -0.3 is 19.7 Å². The van der Waals surface area contributed by atoms with Gasteiger partial charge in [0.05, 0.1) is 12.2 Å². The highest BCUT2D eigenvalue weighted by molar-refractivity contribution is 5.98. The second-order valence-electron chi connectivity index (χ2n) is 6.11. The second-order valence-corrected chi connectivity index (χ2v) is 6.11. The topological polar surface area (TPSA) is 67.9 Å². The van der Waals surface area contributed by atoms with Gasteiger partial charge in [-0.1, -0.05) is 19.1 Å². The van der Waals surface area contributed by atoms with Crippen molar-refractivity contribution in [1.29, 1.82) is 0 Å². The van der Waals surface area contributed by atoms with Crippen molar-refractivity contribution >= 4 is 17.5 Å². The van der Waals surface area contributed by atoms with E-state index in [1.54, 1.807) is 24.3 Å². The number of benzene rings is 2. The highest BCUT2D eigenvalue weighted by atomic mass is 19.1. The smallest absolute Gasteiger partial charge is 0.265 e. The number of carbonyl (C=O) groups excluding carboxylic acids is 2. The van der Waals surface area contributed by atoms with E-state index in [4.69, 9.17) is 9.47 Å². The lowest BCUT2D eigenvalue weighted by atomic mass is 10.1. The van der Waals surface area contributed by atoms with E-state index in [0.29, 0.717) is 23.7 Å². The number of nitrogens with one attached hydrogen (secondary N) is 1. The van der Waals surface area contributed by atoms with Gasteiger partial charge in [0.2, 0.25) is 0 Å². The van der Waals surface area contributed by atoms with Gasteiger partial charge in [-0.3, -0.25) is 9.59 Å². The van der Waals surface area contributed by atoms with Gasteiger partial charge in [-0.2, -0.15) is 0 Å². The van der Waals surface area contributed by atoms with E-state index in [-0.39, 0.29) is 30.8 Å². The molecular weight excluding hydrogens is 351 g/mol. The Bertz CT molecular complexity index is 810. The molecular formula is C20H21FN2O4. The number of hydrogen-bond acceptors (Lipinski definition) is 4. The van der Waals surface area contributed by atoms with E-state index >= 15 is 0 Å². The van der Waals surface area contributed by atoms with Gasteiger partial charge >= 0.3 is 0 Å². The Morgan fingerprint density at radius 1 is 1.22 bits per heavy atom. The quantitative estimate of drug-likeness (QED) is 0.846. The molecule has 0 unspecified atom stereocenters. The van der Waals surface area contributed by atoms with E-state index in [1.165, 1.54) is 29.2 Å². The molecule has 0 radical (unpaired) electrons. The summed E-state index contributed by atoms with van der Waals surface area (Å²) in [5, 5.41) is 2.79. The van der Waals surface area contributed by atoms with Crippen LogP contribution in [0.3, 0.4) is 0 Å². The van der Waals surface area contributed by atoms with Gasteiger partial charge in [0.1, 0.15) is 17.3 Å². The van der Waals surface area contributed by atoms with Crippen LogP contribution in [0.1, 0.15) is 13.3 Å². The molecule has 1 aliphatic heterocycles. The Morgan fingerprint density at radius 3 is 2.70 bits per heavy atom. The van der Waals surface area contributed by atoms with Crippen LogP contribution in [0.4, 0.5) is 10.1 Å². The van der Waals surface area contributed by atoms with Crippen LogP contribution in [-0.2, 0) is 9.59 Å². The number of carbonyl (C=O) groups is 2. The molecule has 1 heterocycles. The average molecular weight is 372 g/mol. The lowest BCUT2D eigenvalue weighted by Crippen LogP contribution is -2.51. The Morgan fingerprint density at radius 2 is 1.96 bits per heavy atom. The summed E-state index contributed by atoms with van der Waals surface area (Å²) in [6.45, 7) is 2.36. The van der Waals surface area contributed by atoms with E-state index < -0.39 is 6.10 Å². The van der Waals surface area contributed by atoms with Crippen LogP contribution in [0.5, 0.6) is 11.5 Å². The molecule has 27 heavy (non-hydrogen) atoms. The minimum Gasteiger partial charge on any atom is -0.484 e. The van der Waals surface area contributed by atoms with Crippen LogP contribution in [0.2, 0.25) is 0 Å². The van der Waals surface area contributed by atoms with E-state index in [1.807, 2.05) is 6.92 Å². The molecule has 0 aromatic heterocycles. The number of hydrogen-bond donors (Lipinski definition) is 1. The van der Waals surface area contributed by atoms with E-state index in [0.717, 1.165) is 6.42 Å². The molecule has 0 aliphatic carbocycles. The number of para-hydroxylation sites is 2. The largest absolute Gasteiger partial charge is 0.484 e. The van der Waals surface area contributed by atoms with Crippen molar-refractivity contribution in [3.8, 4) is 11.5 Å². The maximum absolute atomic E-state index is 13.0. The molecule has 0 spiro atoms. The van der Waals surface area contributed by atoms with Crippen molar-refractivity contribution < 1.29 is 23.5 Å². The first kappa shape index (κ1) is 18.7. The standard InChI is InChI=1S/C20H21FN2O4/c1-2-11-22-20(25)18-12-23(16-5-3-4-6-17(16)27-18)19(24)13-26-15-9-7-14(21)8-10-15/h3-10,18H,2,11-13H2,1H3,(H,22,25)/t18-/m1/s1. The summed E-state index contributed by atoms with van der Waals surface area (Å²) in [6, 6.07) is 12.5.